The predicted octanol–water partition coefficient (Wildman–Crippen LogP) is 1.42. The number of halogens is 1. The van der Waals surface area contributed by atoms with Crippen molar-refractivity contribution < 1.29 is 9.00 Å². The van der Waals surface area contributed by atoms with Gasteiger partial charge in [-0.25, -0.2) is 0 Å². The minimum Gasteiger partial charge on any atom is -0.398 e. The van der Waals surface area contributed by atoms with Crippen molar-refractivity contribution in [2.24, 2.45) is 0 Å². The van der Waals surface area contributed by atoms with E-state index >= 15 is 0 Å². The van der Waals surface area contributed by atoms with Crippen LogP contribution in [0, 0.1) is 0 Å². The average molecular weight is 275 g/mol. The Morgan fingerprint density at radius 1 is 1.59 bits per heavy atom. The van der Waals surface area contributed by atoms with Gasteiger partial charge in [-0.2, -0.15) is 0 Å². The monoisotopic (exact) mass is 274 g/mol. The number of nitrogens with one attached hydrogen (secondary N) is 1. The lowest BCUT2D eigenvalue weighted by atomic mass is 10.2. The number of nitrogen functional groups attached to an aromatic ring is 1. The molecule has 0 saturated carbocycles. The van der Waals surface area contributed by atoms with Crippen LogP contribution in [-0.2, 0) is 10.8 Å². The van der Waals surface area contributed by atoms with E-state index in [-0.39, 0.29) is 11.2 Å². The minimum absolute atomic E-state index is 0.0800. The fourth-order valence-electron chi connectivity index (χ4n) is 1.14. The molecule has 1 aromatic rings. The van der Waals surface area contributed by atoms with Crippen LogP contribution in [0.4, 0.5) is 5.69 Å². The molecule has 0 aliphatic rings. The molecule has 0 aliphatic carbocycles. The summed E-state index contributed by atoms with van der Waals surface area (Å²) < 4.78 is 11.1. The van der Waals surface area contributed by atoms with Crippen LogP contribution in [-0.4, -0.2) is 28.2 Å². The molecular weight excluding hydrogens is 260 g/mol. The summed E-state index contributed by atoms with van der Waals surface area (Å²) in [4.78, 5) is 11.7. The third kappa shape index (κ3) is 4.02. The van der Waals surface area contributed by atoms with Gasteiger partial charge in [0.1, 0.15) is 0 Å². The van der Waals surface area contributed by atoms with E-state index in [1.54, 1.807) is 18.4 Å². The van der Waals surface area contributed by atoms with E-state index in [0.717, 1.165) is 0 Å². The molecule has 0 heterocycles. The van der Waals surface area contributed by atoms with Gasteiger partial charge in [-0.1, -0.05) is 11.6 Å². The van der Waals surface area contributed by atoms with Crippen molar-refractivity contribution in [1.29, 1.82) is 0 Å². The van der Waals surface area contributed by atoms with Gasteiger partial charge >= 0.3 is 0 Å². The van der Waals surface area contributed by atoms with Crippen LogP contribution >= 0.6 is 11.6 Å². The number of carbonyl (C=O) groups excluding carboxylic acids is 1. The Labute approximate surface area is 108 Å². The summed E-state index contributed by atoms with van der Waals surface area (Å²) in [6.07, 6.45) is 1.61. The second-order valence-corrected chi connectivity index (χ2v) is 5.96. The van der Waals surface area contributed by atoms with E-state index in [1.165, 1.54) is 6.07 Å². The summed E-state index contributed by atoms with van der Waals surface area (Å²) in [6, 6.07) is 4.69. The third-order valence-corrected chi connectivity index (χ3v) is 4.02. The molecule has 1 amide bonds. The van der Waals surface area contributed by atoms with Gasteiger partial charge in [0, 0.05) is 34.4 Å². The molecular formula is C11H15ClN2O2S. The van der Waals surface area contributed by atoms with Gasteiger partial charge in [-0.15, -0.1) is 0 Å². The number of hydrogen-bond donors (Lipinski definition) is 2. The molecule has 0 aliphatic heterocycles. The number of benzene rings is 1. The summed E-state index contributed by atoms with van der Waals surface area (Å²) in [5.41, 5.74) is 6.41. The normalized spacial score (nSPS) is 14.1. The SMILES string of the molecule is CC(CNC(=O)c1ccc(Cl)c(N)c1)S(C)=O. The molecule has 2 atom stereocenters. The maximum Gasteiger partial charge on any atom is 0.251 e. The Bertz CT molecular complexity index is 451. The lowest BCUT2D eigenvalue weighted by Gasteiger charge is -2.10. The average Bonchev–Trinajstić information content (AvgIpc) is 2.28. The molecule has 0 bridgehead atoms. The quantitative estimate of drug-likeness (QED) is 0.816. The molecule has 3 N–H and O–H groups in total. The highest BCUT2D eigenvalue weighted by Crippen LogP contribution is 2.19. The highest BCUT2D eigenvalue weighted by molar-refractivity contribution is 7.84. The van der Waals surface area contributed by atoms with Crippen molar-refractivity contribution in [3.05, 3.63) is 28.8 Å². The molecule has 1 rings (SSSR count). The van der Waals surface area contributed by atoms with Gasteiger partial charge in [-0.05, 0) is 25.1 Å². The molecule has 17 heavy (non-hydrogen) atoms. The number of anilines is 1. The first-order chi connectivity index (χ1) is 7.91. The molecule has 4 nitrogen and oxygen atoms in total. The fraction of sp³-hybridized carbons (Fsp3) is 0.364. The van der Waals surface area contributed by atoms with Crippen LogP contribution in [0.1, 0.15) is 17.3 Å². The van der Waals surface area contributed by atoms with Crippen LogP contribution in [0.3, 0.4) is 0 Å². The van der Waals surface area contributed by atoms with Crippen LogP contribution < -0.4 is 11.1 Å². The van der Waals surface area contributed by atoms with Crippen molar-refractivity contribution in [3.63, 3.8) is 0 Å². The van der Waals surface area contributed by atoms with Crippen LogP contribution in [0.25, 0.3) is 0 Å². The van der Waals surface area contributed by atoms with Crippen molar-refractivity contribution in [2.45, 2.75) is 12.2 Å². The van der Waals surface area contributed by atoms with E-state index in [1.807, 2.05) is 6.92 Å². The van der Waals surface area contributed by atoms with Gasteiger partial charge in [0.15, 0.2) is 0 Å². The van der Waals surface area contributed by atoms with Crippen molar-refractivity contribution in [3.8, 4) is 0 Å². The van der Waals surface area contributed by atoms with E-state index in [4.69, 9.17) is 17.3 Å². The number of hydrogen-bond acceptors (Lipinski definition) is 3. The Kier molecular flexibility index (Phi) is 4.96. The molecule has 6 heteroatoms. The number of amides is 1. The fourth-order valence-corrected chi connectivity index (χ4v) is 1.58. The maximum absolute atomic E-state index is 11.7. The van der Waals surface area contributed by atoms with E-state index in [2.05, 4.69) is 5.32 Å². The number of rotatable bonds is 4. The van der Waals surface area contributed by atoms with Gasteiger partial charge in [0.25, 0.3) is 5.91 Å². The topological polar surface area (TPSA) is 72.2 Å². The van der Waals surface area contributed by atoms with Crippen LogP contribution in [0.2, 0.25) is 5.02 Å². The van der Waals surface area contributed by atoms with Crippen LogP contribution in [0.15, 0.2) is 18.2 Å². The highest BCUT2D eigenvalue weighted by Gasteiger charge is 2.10. The Hall–Kier alpha value is -1.07. The Balaban J connectivity index is 2.64. The smallest absolute Gasteiger partial charge is 0.251 e. The lowest BCUT2D eigenvalue weighted by molar-refractivity contribution is 0.0954. The third-order valence-electron chi connectivity index (χ3n) is 2.37. The second-order valence-electron chi connectivity index (χ2n) is 3.76. The molecule has 0 spiro atoms. The van der Waals surface area contributed by atoms with Crippen molar-refractivity contribution in [2.75, 3.05) is 18.5 Å². The summed E-state index contributed by atoms with van der Waals surface area (Å²) in [5, 5.41) is 3.04. The summed E-state index contributed by atoms with van der Waals surface area (Å²) in [7, 11) is -0.952. The summed E-state index contributed by atoms with van der Waals surface area (Å²) in [5.74, 6) is -0.245. The molecule has 0 saturated heterocycles. The maximum atomic E-state index is 11.7. The predicted molar refractivity (Wildman–Crippen MR) is 71.7 cm³/mol. The van der Waals surface area contributed by atoms with Gasteiger partial charge in [0.2, 0.25) is 0 Å². The Morgan fingerprint density at radius 3 is 2.76 bits per heavy atom. The van der Waals surface area contributed by atoms with Gasteiger partial charge < -0.3 is 11.1 Å². The molecule has 0 aromatic heterocycles. The van der Waals surface area contributed by atoms with E-state index < -0.39 is 10.8 Å². The molecule has 2 unspecified atom stereocenters. The van der Waals surface area contributed by atoms with Crippen LogP contribution in [0.5, 0.6) is 0 Å². The summed E-state index contributed by atoms with van der Waals surface area (Å²) in [6.45, 7) is 2.18. The largest absolute Gasteiger partial charge is 0.398 e. The highest BCUT2D eigenvalue weighted by atomic mass is 35.5. The number of nitrogens with two attached hydrogens (primary N) is 1. The minimum atomic E-state index is -0.952. The van der Waals surface area contributed by atoms with E-state index in [0.29, 0.717) is 22.8 Å². The Morgan fingerprint density at radius 2 is 2.24 bits per heavy atom. The molecule has 94 valence electrons. The zero-order valence-electron chi connectivity index (χ0n) is 9.70. The van der Waals surface area contributed by atoms with Crippen molar-refractivity contribution in [1.82, 2.24) is 5.32 Å². The van der Waals surface area contributed by atoms with Gasteiger partial charge in [0.05, 0.1) is 10.7 Å². The zero-order valence-corrected chi connectivity index (χ0v) is 11.3. The number of carbonyl (C=O) groups is 1. The van der Waals surface area contributed by atoms with E-state index in [9.17, 15) is 9.00 Å². The second kappa shape index (κ2) is 6.02. The molecule has 0 fully saturated rings. The first kappa shape index (κ1) is 14.0. The lowest BCUT2D eigenvalue weighted by Crippen LogP contribution is -2.32. The standard InChI is InChI=1S/C11H15ClN2O2S/c1-7(17(2)16)6-14-11(15)8-3-4-9(12)10(13)5-8/h3-5,7H,6,13H2,1-2H3,(H,14,15). The molecule has 1 aromatic carbocycles. The van der Waals surface area contributed by atoms with Gasteiger partial charge in [-0.3, -0.25) is 9.00 Å². The molecule has 0 radical (unpaired) electrons. The summed E-state index contributed by atoms with van der Waals surface area (Å²) >= 11 is 5.76. The zero-order chi connectivity index (χ0) is 13.0. The van der Waals surface area contributed by atoms with Crippen molar-refractivity contribution >= 4 is 34.0 Å². The first-order valence-corrected chi connectivity index (χ1v) is 7.07. The first-order valence-electron chi connectivity index (χ1n) is 5.07.